The number of hydrogen-bond donors (Lipinski definition) is 0. The first-order valence-corrected chi connectivity index (χ1v) is 4.99. The Morgan fingerprint density at radius 1 is 1.67 bits per heavy atom. The van der Waals surface area contributed by atoms with Crippen LogP contribution in [-0.4, -0.2) is 17.6 Å². The minimum atomic E-state index is -0.359. The predicted octanol–water partition coefficient (Wildman–Crippen LogP) is 1.89. The van der Waals surface area contributed by atoms with Gasteiger partial charge in [0.2, 0.25) is 0 Å². The standard InChI is InChI=1S/C11H12FNO2/c1-2-15-11(14)10-4-9(10)7-3-8(12)6-13-5-7/h3,5-6,9-10H,2,4H2,1H3/t9-,10+/m1/s1. The molecule has 2 atom stereocenters. The minimum Gasteiger partial charge on any atom is -0.466 e. The van der Waals surface area contributed by atoms with E-state index < -0.39 is 0 Å². The lowest BCUT2D eigenvalue weighted by Gasteiger charge is -2.00. The van der Waals surface area contributed by atoms with Crippen LogP contribution in [0.1, 0.15) is 24.8 Å². The molecule has 4 heteroatoms. The molecule has 0 saturated heterocycles. The molecule has 1 aliphatic rings. The normalized spacial score (nSPS) is 23.6. The van der Waals surface area contributed by atoms with Crippen LogP contribution >= 0.6 is 0 Å². The summed E-state index contributed by atoms with van der Waals surface area (Å²) in [5, 5.41) is 0. The maximum atomic E-state index is 12.9. The lowest BCUT2D eigenvalue weighted by molar-refractivity contribution is -0.144. The number of rotatable bonds is 3. The zero-order valence-corrected chi connectivity index (χ0v) is 8.44. The number of pyridine rings is 1. The first kappa shape index (κ1) is 10.1. The molecular weight excluding hydrogens is 197 g/mol. The van der Waals surface area contributed by atoms with Crippen molar-refractivity contribution in [3.63, 3.8) is 0 Å². The Kier molecular flexibility index (Phi) is 2.66. The Hall–Kier alpha value is -1.45. The lowest BCUT2D eigenvalue weighted by Crippen LogP contribution is -2.07. The highest BCUT2D eigenvalue weighted by atomic mass is 19.1. The highest BCUT2D eigenvalue weighted by Crippen LogP contribution is 2.47. The molecule has 1 saturated carbocycles. The van der Waals surface area contributed by atoms with E-state index in [2.05, 4.69) is 4.98 Å². The molecular formula is C11H12FNO2. The summed E-state index contributed by atoms with van der Waals surface area (Å²) in [4.78, 5) is 15.1. The second-order valence-electron chi connectivity index (χ2n) is 3.64. The van der Waals surface area contributed by atoms with Crippen LogP contribution < -0.4 is 0 Å². The van der Waals surface area contributed by atoms with Crippen LogP contribution in [0.3, 0.4) is 0 Å². The fourth-order valence-corrected chi connectivity index (χ4v) is 1.70. The Morgan fingerprint density at radius 2 is 2.47 bits per heavy atom. The average Bonchev–Trinajstić information content (AvgIpc) is 2.97. The van der Waals surface area contributed by atoms with Gasteiger partial charge in [-0.3, -0.25) is 9.78 Å². The molecule has 0 aromatic carbocycles. The number of hydrogen-bond acceptors (Lipinski definition) is 3. The van der Waals surface area contributed by atoms with Gasteiger partial charge in [0.1, 0.15) is 5.82 Å². The van der Waals surface area contributed by atoms with Gasteiger partial charge in [-0.05, 0) is 30.9 Å². The van der Waals surface area contributed by atoms with Crippen LogP contribution in [-0.2, 0) is 9.53 Å². The average molecular weight is 209 g/mol. The number of esters is 1. The molecule has 15 heavy (non-hydrogen) atoms. The van der Waals surface area contributed by atoms with E-state index >= 15 is 0 Å². The number of halogens is 1. The van der Waals surface area contributed by atoms with E-state index in [-0.39, 0.29) is 23.6 Å². The minimum absolute atomic E-state index is 0.0900. The van der Waals surface area contributed by atoms with Gasteiger partial charge in [-0.2, -0.15) is 0 Å². The van der Waals surface area contributed by atoms with Crippen molar-refractivity contribution in [3.05, 3.63) is 29.8 Å². The fraction of sp³-hybridized carbons (Fsp3) is 0.455. The van der Waals surface area contributed by atoms with Gasteiger partial charge in [0.15, 0.2) is 0 Å². The molecule has 0 amide bonds. The summed E-state index contributed by atoms with van der Waals surface area (Å²) in [7, 11) is 0. The highest BCUT2D eigenvalue weighted by molar-refractivity contribution is 5.77. The van der Waals surface area contributed by atoms with Crippen LogP contribution in [0.25, 0.3) is 0 Å². The van der Waals surface area contributed by atoms with E-state index in [0.717, 1.165) is 18.2 Å². The van der Waals surface area contributed by atoms with Crippen LogP contribution in [0.4, 0.5) is 4.39 Å². The largest absolute Gasteiger partial charge is 0.466 e. The first-order valence-electron chi connectivity index (χ1n) is 4.99. The van der Waals surface area contributed by atoms with Gasteiger partial charge < -0.3 is 4.74 Å². The quantitative estimate of drug-likeness (QED) is 0.713. The maximum Gasteiger partial charge on any atom is 0.309 e. The van der Waals surface area contributed by atoms with Crippen LogP contribution in [0.5, 0.6) is 0 Å². The first-order chi connectivity index (χ1) is 7.22. The summed E-state index contributed by atoms with van der Waals surface area (Å²) < 4.78 is 17.7. The summed E-state index contributed by atoms with van der Waals surface area (Å²) >= 11 is 0. The smallest absolute Gasteiger partial charge is 0.309 e. The number of carbonyl (C=O) groups is 1. The van der Waals surface area contributed by atoms with Crippen molar-refractivity contribution in [2.45, 2.75) is 19.3 Å². The summed E-state index contributed by atoms with van der Waals surface area (Å²) in [6.07, 6.45) is 3.50. The van der Waals surface area contributed by atoms with Gasteiger partial charge in [-0.25, -0.2) is 4.39 Å². The third-order valence-electron chi connectivity index (χ3n) is 2.53. The Bertz CT molecular complexity index is 381. The van der Waals surface area contributed by atoms with Gasteiger partial charge in [0, 0.05) is 6.20 Å². The molecule has 1 heterocycles. The molecule has 3 nitrogen and oxygen atoms in total. The molecule has 80 valence electrons. The van der Waals surface area contributed by atoms with E-state index in [9.17, 15) is 9.18 Å². The highest BCUT2D eigenvalue weighted by Gasteiger charge is 2.45. The third kappa shape index (κ3) is 2.14. The molecule has 0 spiro atoms. The molecule has 0 radical (unpaired) electrons. The van der Waals surface area contributed by atoms with Gasteiger partial charge in [-0.15, -0.1) is 0 Å². The number of aromatic nitrogens is 1. The topological polar surface area (TPSA) is 39.2 Å². The zero-order chi connectivity index (χ0) is 10.8. The number of nitrogens with zero attached hydrogens (tertiary/aromatic N) is 1. The molecule has 0 unspecified atom stereocenters. The summed E-state index contributed by atoms with van der Waals surface area (Å²) in [5.41, 5.74) is 0.785. The molecule has 1 aliphatic carbocycles. The van der Waals surface area contributed by atoms with Crippen LogP contribution in [0, 0.1) is 11.7 Å². The van der Waals surface area contributed by atoms with E-state index in [1.165, 1.54) is 6.07 Å². The van der Waals surface area contributed by atoms with Crippen molar-refractivity contribution < 1.29 is 13.9 Å². The second kappa shape index (κ2) is 3.96. The molecule has 0 aliphatic heterocycles. The van der Waals surface area contributed by atoms with Gasteiger partial charge in [0.05, 0.1) is 18.7 Å². The van der Waals surface area contributed by atoms with E-state index in [1.54, 1.807) is 13.1 Å². The van der Waals surface area contributed by atoms with Crippen molar-refractivity contribution >= 4 is 5.97 Å². The van der Waals surface area contributed by atoms with Gasteiger partial charge >= 0.3 is 5.97 Å². The fourth-order valence-electron chi connectivity index (χ4n) is 1.70. The number of ether oxygens (including phenoxy) is 1. The molecule has 1 aromatic rings. The monoisotopic (exact) mass is 209 g/mol. The van der Waals surface area contributed by atoms with Crippen molar-refractivity contribution in [3.8, 4) is 0 Å². The second-order valence-corrected chi connectivity index (χ2v) is 3.64. The lowest BCUT2D eigenvalue weighted by atomic mass is 10.1. The molecule has 0 N–H and O–H groups in total. The molecule has 0 bridgehead atoms. The zero-order valence-electron chi connectivity index (χ0n) is 8.44. The van der Waals surface area contributed by atoms with E-state index in [1.807, 2.05) is 0 Å². The van der Waals surface area contributed by atoms with Crippen molar-refractivity contribution in [2.75, 3.05) is 6.61 Å². The van der Waals surface area contributed by atoms with E-state index in [4.69, 9.17) is 4.74 Å². The summed E-state index contributed by atoms with van der Waals surface area (Å²) in [6, 6.07) is 1.43. The number of carbonyl (C=O) groups excluding carboxylic acids is 1. The SMILES string of the molecule is CCOC(=O)[C@H]1C[C@@H]1c1cncc(F)c1. The molecule has 2 rings (SSSR count). The maximum absolute atomic E-state index is 12.9. The van der Waals surface area contributed by atoms with Crippen molar-refractivity contribution in [2.24, 2.45) is 5.92 Å². The Labute approximate surface area is 87.3 Å². The van der Waals surface area contributed by atoms with Crippen molar-refractivity contribution in [1.29, 1.82) is 0 Å². The van der Waals surface area contributed by atoms with E-state index in [0.29, 0.717) is 6.61 Å². The summed E-state index contributed by atoms with van der Waals surface area (Å²) in [5.74, 6) is -0.561. The predicted molar refractivity (Wildman–Crippen MR) is 51.7 cm³/mol. The third-order valence-corrected chi connectivity index (χ3v) is 2.53. The molecule has 1 aromatic heterocycles. The Balaban J connectivity index is 2.01. The van der Waals surface area contributed by atoms with Crippen LogP contribution in [0.15, 0.2) is 18.5 Å². The van der Waals surface area contributed by atoms with Crippen molar-refractivity contribution in [1.82, 2.24) is 4.98 Å². The van der Waals surface area contributed by atoms with Gasteiger partial charge in [0.25, 0.3) is 0 Å². The molecule has 1 fully saturated rings. The van der Waals surface area contributed by atoms with Gasteiger partial charge in [-0.1, -0.05) is 0 Å². The summed E-state index contributed by atoms with van der Waals surface area (Å²) in [6.45, 7) is 2.17. The van der Waals surface area contributed by atoms with Crippen LogP contribution in [0.2, 0.25) is 0 Å². The Morgan fingerprint density at radius 3 is 3.13 bits per heavy atom.